The van der Waals surface area contributed by atoms with Crippen LogP contribution >= 0.6 is 12.2 Å². The molecule has 4 aromatic carbocycles. The van der Waals surface area contributed by atoms with Crippen molar-refractivity contribution < 1.29 is 51.7 Å². The molecule has 0 aliphatic carbocycles. The van der Waals surface area contributed by atoms with Crippen LogP contribution in [0.5, 0.6) is 11.5 Å². The first-order valence-corrected chi connectivity index (χ1v) is 23.5. The monoisotopic (exact) mass is 1120 g/mol. The van der Waals surface area contributed by atoms with Crippen molar-refractivity contribution in [2.75, 3.05) is 4.90 Å². The number of hydrogen-bond donors (Lipinski definition) is 0. The summed E-state index contributed by atoms with van der Waals surface area (Å²) in [4.78, 5) is 41.4. The molecule has 0 unspecified atom stereocenters. The Kier molecular flexibility index (Phi) is 18.8. The summed E-state index contributed by atoms with van der Waals surface area (Å²) in [6.07, 6.45) is 0.156. The summed E-state index contributed by atoms with van der Waals surface area (Å²) in [5, 5.41) is 17.7. The summed E-state index contributed by atoms with van der Waals surface area (Å²) in [5.74, 6) is 7.03. The minimum Gasteiger partial charge on any atom is -0.753 e. The molecule has 0 atom stereocenters. The molecule has 382 valence electrons. The first-order valence-electron chi connectivity index (χ1n) is 23.1. The number of hydrogen-bond acceptors (Lipinski definition) is 11. The Bertz CT molecular complexity index is 3500. The Morgan fingerprint density at radius 2 is 1.12 bits per heavy atom. The smallest absolute Gasteiger partial charge is 0.753 e. The molecule has 5 aromatic heterocycles. The van der Waals surface area contributed by atoms with Gasteiger partial charge in [0.1, 0.15) is 17.2 Å². The molecule has 0 aliphatic heterocycles. The van der Waals surface area contributed by atoms with Crippen LogP contribution in [0.4, 0.5) is 30.2 Å². The molecule has 9 rings (SSSR count). The molecule has 12 nitrogen and oxygen atoms in total. The maximum Gasteiger partial charge on any atom is 2.00 e. The van der Waals surface area contributed by atoms with Crippen LogP contribution in [0.25, 0.3) is 50.3 Å². The Morgan fingerprint density at radius 1 is 0.592 bits per heavy atom. The van der Waals surface area contributed by atoms with E-state index in [9.17, 15) is 22.8 Å². The number of ether oxygens (including phenoxy) is 2. The molecular weight excluding hydrogens is 1070 g/mol. The summed E-state index contributed by atoms with van der Waals surface area (Å²) < 4.78 is 49.2. The summed E-state index contributed by atoms with van der Waals surface area (Å²) >= 11 is 3.70. The summed E-state index contributed by atoms with van der Waals surface area (Å²) in [6, 6.07) is 45.2. The number of benzene rings is 4. The molecule has 0 saturated carbocycles. The van der Waals surface area contributed by atoms with Crippen LogP contribution in [0.15, 0.2) is 164 Å². The normalized spacial score (nSPS) is 10.9. The van der Waals surface area contributed by atoms with Crippen LogP contribution in [0.3, 0.4) is 0 Å². The van der Waals surface area contributed by atoms with Gasteiger partial charge in [0.05, 0.1) is 28.5 Å². The predicted molar refractivity (Wildman–Crippen MR) is 288 cm³/mol. The molecule has 0 amide bonds. The van der Waals surface area contributed by atoms with E-state index in [-0.39, 0.29) is 41.8 Å². The van der Waals surface area contributed by atoms with Crippen LogP contribution in [-0.4, -0.2) is 43.1 Å². The van der Waals surface area contributed by atoms with Gasteiger partial charge >= 0.3 is 25.7 Å². The van der Waals surface area contributed by atoms with Crippen molar-refractivity contribution in [1.82, 2.24) is 30.1 Å². The minimum absolute atomic E-state index is 0. The largest absolute Gasteiger partial charge is 2.00 e. The van der Waals surface area contributed by atoms with Gasteiger partial charge < -0.3 is 30.0 Å². The van der Waals surface area contributed by atoms with Crippen LogP contribution in [0.1, 0.15) is 69.5 Å². The topological polar surface area (TPSA) is 157 Å². The zero-order valence-corrected chi connectivity index (χ0v) is 44.4. The maximum atomic E-state index is 13.1. The Hall–Kier alpha value is -8.54. The van der Waals surface area contributed by atoms with E-state index in [1.807, 2.05) is 48.5 Å². The SMILES string of the molecule is CC(C)(C)c1ccc(N(c2ccc(C(C)(C)C)cc2)c2ccnc(-c3cc(C(F)(F)F)n[n-]3)c2)cc1.O=COc1ccnc(-c2cc(OC=O)cc(-c3cc(C#Cc4cccc5ccccc45)ccn3)n2)c1.[N-]=C=S.[Ru+2]. The van der Waals surface area contributed by atoms with Crippen LogP contribution < -0.4 is 19.5 Å². The van der Waals surface area contributed by atoms with E-state index in [0.717, 1.165) is 45.0 Å². The van der Waals surface area contributed by atoms with Crippen molar-refractivity contribution in [2.24, 2.45) is 0 Å². The van der Waals surface area contributed by atoms with Crippen LogP contribution in [0.2, 0.25) is 0 Å². The molecule has 0 radical (unpaired) electrons. The van der Waals surface area contributed by atoms with Gasteiger partial charge in [-0.15, -0.1) is 0 Å². The second-order valence-corrected chi connectivity index (χ2v) is 18.8. The van der Waals surface area contributed by atoms with E-state index in [1.165, 1.54) is 22.5 Å². The fraction of sp³-hybridized carbons (Fsp3) is 0.153. The summed E-state index contributed by atoms with van der Waals surface area (Å²) in [5.41, 5.74) is 7.91. The Morgan fingerprint density at radius 3 is 1.70 bits per heavy atom. The van der Waals surface area contributed by atoms with Crippen molar-refractivity contribution in [3.8, 4) is 57.5 Å². The molecule has 0 saturated heterocycles. The van der Waals surface area contributed by atoms with Crippen molar-refractivity contribution in [1.29, 1.82) is 0 Å². The van der Waals surface area contributed by atoms with E-state index < -0.39 is 11.9 Å². The number of alkyl halides is 3. The van der Waals surface area contributed by atoms with Gasteiger partial charge in [-0.1, -0.05) is 132 Å². The number of isothiocyanates is 1. The van der Waals surface area contributed by atoms with Gasteiger partial charge in [0.2, 0.25) is 0 Å². The first-order chi connectivity index (χ1) is 35.9. The van der Waals surface area contributed by atoms with Crippen LogP contribution in [-0.2, 0) is 46.1 Å². The number of halogens is 3. The number of pyridine rings is 4. The van der Waals surface area contributed by atoms with Gasteiger partial charge in [-0.2, -0.15) is 18.3 Å². The molecule has 0 bridgehead atoms. The number of aromatic nitrogens is 6. The average molecular weight is 1120 g/mol. The molecule has 76 heavy (non-hydrogen) atoms. The summed E-state index contributed by atoms with van der Waals surface area (Å²) in [7, 11) is 0. The quantitative estimate of drug-likeness (QED) is 0.0420. The van der Waals surface area contributed by atoms with Gasteiger partial charge in [0.15, 0.2) is 0 Å². The molecular formula is C59H47F3N8O4RuS. The number of anilines is 3. The minimum atomic E-state index is -4.56. The van der Waals surface area contributed by atoms with Gasteiger partial charge in [-0.3, -0.25) is 24.5 Å². The summed E-state index contributed by atoms with van der Waals surface area (Å²) in [6.45, 7) is 13.6. The van der Waals surface area contributed by atoms with E-state index >= 15 is 0 Å². The fourth-order valence-corrected chi connectivity index (χ4v) is 7.62. The van der Waals surface area contributed by atoms with Gasteiger partial charge in [-0.25, -0.2) is 4.98 Å². The second-order valence-electron chi connectivity index (χ2n) is 18.6. The number of nitrogens with zero attached hydrogens (tertiary/aromatic N) is 8. The predicted octanol–water partition coefficient (Wildman–Crippen LogP) is 13.7. The van der Waals surface area contributed by atoms with Gasteiger partial charge in [0, 0.05) is 65.0 Å². The Balaban J connectivity index is 0.000000232. The maximum absolute atomic E-state index is 13.1. The second kappa shape index (κ2) is 25.1. The van der Waals surface area contributed by atoms with Gasteiger partial charge in [0.25, 0.3) is 12.9 Å². The Labute approximate surface area is 456 Å². The molecule has 9 aromatic rings. The van der Waals surface area contributed by atoms with Crippen LogP contribution in [0, 0.1) is 11.8 Å². The standard InChI is InChI=1S/C29H30F3N4.C29H17N3O4.CNS.Ru/c1-27(2,3)19-7-11-21(12-8-19)36(22-13-9-20(10-14-22)28(4,5)6)23-15-16-33-24(17-23)25-18-26(35-34-25)29(30,31)32;33-18-35-23-11-13-31-27(15-23)29-17-24(36-19-34)16-28(32-29)26-14-20(10-12-30-26)8-9-22-6-3-5-21-4-1-2-7-25(21)22;2-1-3;/h7-18H,1-6H3;1-7,10-19H;;/q-1;;-1;+2. The van der Waals surface area contributed by atoms with E-state index in [4.69, 9.17) is 14.9 Å². The third-order valence-corrected chi connectivity index (χ3v) is 11.4. The van der Waals surface area contributed by atoms with Crippen molar-refractivity contribution in [3.63, 3.8) is 0 Å². The number of rotatable bonds is 10. The third-order valence-electron chi connectivity index (χ3n) is 11.4. The molecule has 17 heteroatoms. The zero-order valence-electron chi connectivity index (χ0n) is 41.8. The van der Waals surface area contributed by atoms with Gasteiger partial charge in [-0.05, 0) is 99.5 Å². The molecule has 0 aliphatic rings. The third kappa shape index (κ3) is 14.6. The number of carbonyl (C=O) groups excluding carboxylic acids is 2. The molecule has 0 fully saturated rings. The van der Waals surface area contributed by atoms with Crippen molar-refractivity contribution in [2.45, 2.75) is 58.5 Å². The number of thiocarbonyl (C=S) groups is 1. The molecule has 0 N–H and O–H groups in total. The fourth-order valence-electron chi connectivity index (χ4n) is 7.62. The molecule has 0 spiro atoms. The van der Waals surface area contributed by atoms with E-state index in [1.54, 1.807) is 42.7 Å². The zero-order chi connectivity index (χ0) is 53.8. The van der Waals surface area contributed by atoms with Crippen molar-refractivity contribution in [3.05, 3.63) is 198 Å². The average Bonchev–Trinajstić information content (AvgIpc) is 3.91. The molecule has 5 heterocycles. The van der Waals surface area contributed by atoms with E-state index in [2.05, 4.69) is 161 Å². The number of fused-ring (bicyclic) bond motifs is 1. The first kappa shape index (κ1) is 56.8. The van der Waals surface area contributed by atoms with Crippen molar-refractivity contribution >= 4 is 58.2 Å². The van der Waals surface area contributed by atoms with E-state index in [0.29, 0.717) is 47.2 Å². The number of carbonyl (C=O) groups is 2.